The van der Waals surface area contributed by atoms with E-state index in [9.17, 15) is 4.79 Å². The maximum atomic E-state index is 12.2. The van der Waals surface area contributed by atoms with Crippen LogP contribution in [0.5, 0.6) is 0 Å². The van der Waals surface area contributed by atoms with Gasteiger partial charge in [0.05, 0.1) is 5.69 Å². The molecule has 2 N–H and O–H groups in total. The van der Waals surface area contributed by atoms with E-state index in [2.05, 4.69) is 20.5 Å². The summed E-state index contributed by atoms with van der Waals surface area (Å²) in [6.45, 7) is 5.77. The zero-order valence-electron chi connectivity index (χ0n) is 12.2. The first-order valence-electron chi connectivity index (χ1n) is 7.43. The van der Waals surface area contributed by atoms with Gasteiger partial charge in [-0.3, -0.25) is 9.69 Å². The molecule has 1 saturated heterocycles. The Labute approximate surface area is 124 Å². The maximum Gasteiger partial charge on any atom is 0.238 e. The van der Waals surface area contributed by atoms with Crippen molar-refractivity contribution >= 4 is 11.6 Å². The van der Waals surface area contributed by atoms with Crippen molar-refractivity contribution in [3.63, 3.8) is 0 Å². The average Bonchev–Trinajstić information content (AvgIpc) is 2.90. The predicted octanol–water partition coefficient (Wildman–Crippen LogP) is 0.244. The van der Waals surface area contributed by atoms with E-state index in [1.807, 2.05) is 41.9 Å². The van der Waals surface area contributed by atoms with Gasteiger partial charge in [0, 0.05) is 45.1 Å². The minimum atomic E-state index is -0.122. The van der Waals surface area contributed by atoms with Crippen LogP contribution in [0.4, 0.5) is 0 Å². The van der Waals surface area contributed by atoms with Crippen molar-refractivity contribution in [3.05, 3.63) is 36.3 Å². The van der Waals surface area contributed by atoms with E-state index >= 15 is 0 Å². The molecule has 1 amide bonds. The van der Waals surface area contributed by atoms with Gasteiger partial charge in [0.1, 0.15) is 11.7 Å². The molecule has 1 atom stereocenters. The van der Waals surface area contributed by atoms with Crippen LogP contribution >= 0.6 is 0 Å². The molecular formula is C15H21N5O. The second-order valence-corrected chi connectivity index (χ2v) is 5.28. The minimum Gasteiger partial charge on any atom is -0.355 e. The van der Waals surface area contributed by atoms with Crippen molar-refractivity contribution in [2.24, 2.45) is 0 Å². The number of hydrogen-bond donors (Lipinski definition) is 2. The molecule has 112 valence electrons. The van der Waals surface area contributed by atoms with Crippen molar-refractivity contribution in [1.82, 2.24) is 24.9 Å². The topological polar surface area (TPSA) is 61.7 Å². The average molecular weight is 287 g/mol. The summed E-state index contributed by atoms with van der Waals surface area (Å²) in [6, 6.07) is 5.83. The van der Waals surface area contributed by atoms with Crippen LogP contribution < -0.4 is 10.6 Å². The zero-order valence-corrected chi connectivity index (χ0v) is 12.2. The molecule has 1 aliphatic heterocycles. The predicted molar refractivity (Wildman–Crippen MR) is 80.9 cm³/mol. The lowest BCUT2D eigenvalue weighted by molar-refractivity contribution is -0.127. The summed E-state index contributed by atoms with van der Waals surface area (Å²) >= 11 is 0. The molecule has 0 aromatic carbocycles. The Balaban J connectivity index is 1.75. The van der Waals surface area contributed by atoms with E-state index in [0.717, 1.165) is 24.4 Å². The third-order valence-corrected chi connectivity index (χ3v) is 3.79. The molecule has 1 unspecified atom stereocenters. The van der Waals surface area contributed by atoms with E-state index in [0.29, 0.717) is 19.6 Å². The summed E-state index contributed by atoms with van der Waals surface area (Å²) < 4.78 is 2.01. The highest BCUT2D eigenvalue weighted by molar-refractivity contribution is 5.82. The number of carbonyl (C=O) groups excluding carboxylic acids is 1. The van der Waals surface area contributed by atoms with Gasteiger partial charge in [0.25, 0.3) is 0 Å². The molecule has 3 rings (SSSR count). The van der Waals surface area contributed by atoms with E-state index in [1.165, 1.54) is 0 Å². The van der Waals surface area contributed by atoms with Crippen LogP contribution in [-0.2, 0) is 11.3 Å². The fraction of sp³-hybridized carbons (Fsp3) is 0.467. The van der Waals surface area contributed by atoms with Crippen LogP contribution in [-0.4, -0.2) is 52.4 Å². The van der Waals surface area contributed by atoms with Crippen molar-refractivity contribution in [2.75, 3.05) is 26.2 Å². The highest BCUT2D eigenvalue weighted by Gasteiger charge is 2.28. The van der Waals surface area contributed by atoms with Gasteiger partial charge in [-0.15, -0.1) is 0 Å². The molecule has 1 fully saturated rings. The van der Waals surface area contributed by atoms with E-state index in [-0.39, 0.29) is 11.9 Å². The SMILES string of the molecule is CCNC(=O)C1CNCCN1Cc1cn2ccccc2n1. The Kier molecular flexibility index (Phi) is 4.17. The van der Waals surface area contributed by atoms with Crippen molar-refractivity contribution < 1.29 is 4.79 Å². The molecule has 0 spiro atoms. The van der Waals surface area contributed by atoms with Crippen molar-refractivity contribution in [3.8, 4) is 0 Å². The van der Waals surface area contributed by atoms with E-state index in [4.69, 9.17) is 0 Å². The number of nitrogens with one attached hydrogen (secondary N) is 2. The normalized spacial score (nSPS) is 19.8. The smallest absolute Gasteiger partial charge is 0.238 e. The summed E-state index contributed by atoms with van der Waals surface area (Å²) in [4.78, 5) is 19.0. The monoisotopic (exact) mass is 287 g/mol. The molecule has 3 heterocycles. The second kappa shape index (κ2) is 6.24. The second-order valence-electron chi connectivity index (χ2n) is 5.28. The number of nitrogens with zero attached hydrogens (tertiary/aromatic N) is 3. The van der Waals surface area contributed by atoms with Gasteiger partial charge in [-0.25, -0.2) is 4.98 Å². The number of pyridine rings is 1. The number of hydrogen-bond acceptors (Lipinski definition) is 4. The molecule has 0 bridgehead atoms. The van der Waals surface area contributed by atoms with Crippen LogP contribution in [0.25, 0.3) is 5.65 Å². The third kappa shape index (κ3) is 3.06. The van der Waals surface area contributed by atoms with Crippen molar-refractivity contribution in [1.29, 1.82) is 0 Å². The fourth-order valence-corrected chi connectivity index (χ4v) is 2.76. The van der Waals surface area contributed by atoms with E-state index < -0.39 is 0 Å². The highest BCUT2D eigenvalue weighted by Crippen LogP contribution is 2.11. The summed E-state index contributed by atoms with van der Waals surface area (Å²) in [7, 11) is 0. The Bertz CT molecular complexity index is 590. The first-order valence-corrected chi connectivity index (χ1v) is 7.43. The summed E-state index contributed by atoms with van der Waals surface area (Å²) in [5.74, 6) is 0.0912. The standard InChI is InChI=1S/C15H21N5O/c1-2-17-15(21)13-9-16-6-8-19(13)10-12-11-20-7-4-3-5-14(20)18-12/h3-5,7,11,13,16H,2,6,8-10H2,1H3,(H,17,21). The lowest BCUT2D eigenvalue weighted by Gasteiger charge is -2.34. The molecule has 1 aliphatic rings. The molecule has 6 nitrogen and oxygen atoms in total. The molecule has 6 heteroatoms. The van der Waals surface area contributed by atoms with Crippen LogP contribution in [0.2, 0.25) is 0 Å². The van der Waals surface area contributed by atoms with Crippen LogP contribution in [0.1, 0.15) is 12.6 Å². The van der Waals surface area contributed by atoms with Gasteiger partial charge in [-0.1, -0.05) is 6.07 Å². The van der Waals surface area contributed by atoms with Crippen LogP contribution in [0.3, 0.4) is 0 Å². The zero-order chi connectivity index (χ0) is 14.7. The van der Waals surface area contributed by atoms with Gasteiger partial charge >= 0.3 is 0 Å². The Morgan fingerprint density at radius 2 is 2.43 bits per heavy atom. The van der Waals surface area contributed by atoms with E-state index in [1.54, 1.807) is 0 Å². The minimum absolute atomic E-state index is 0.0912. The number of carbonyl (C=O) groups is 1. The molecule has 0 saturated carbocycles. The summed E-state index contributed by atoms with van der Waals surface area (Å²) in [5.41, 5.74) is 1.94. The van der Waals surface area contributed by atoms with Crippen LogP contribution in [0, 0.1) is 0 Å². The molecule has 21 heavy (non-hydrogen) atoms. The number of piperazine rings is 1. The molecule has 0 radical (unpaired) electrons. The molecule has 2 aromatic heterocycles. The molecular weight excluding hydrogens is 266 g/mol. The number of aromatic nitrogens is 2. The fourth-order valence-electron chi connectivity index (χ4n) is 2.76. The van der Waals surface area contributed by atoms with Gasteiger partial charge in [0.2, 0.25) is 5.91 Å². The summed E-state index contributed by atoms with van der Waals surface area (Å²) in [6.07, 6.45) is 4.02. The Morgan fingerprint density at radius 3 is 3.24 bits per heavy atom. The third-order valence-electron chi connectivity index (χ3n) is 3.79. The Morgan fingerprint density at radius 1 is 1.52 bits per heavy atom. The number of rotatable bonds is 4. The van der Waals surface area contributed by atoms with Gasteiger partial charge in [-0.2, -0.15) is 0 Å². The highest BCUT2D eigenvalue weighted by atomic mass is 16.2. The largest absolute Gasteiger partial charge is 0.355 e. The van der Waals surface area contributed by atoms with Gasteiger partial charge in [-0.05, 0) is 19.1 Å². The lowest BCUT2D eigenvalue weighted by atomic mass is 10.1. The number of likely N-dealkylation sites (N-methyl/N-ethyl adjacent to an activating group) is 1. The summed E-state index contributed by atoms with van der Waals surface area (Å²) in [5, 5.41) is 6.20. The quantitative estimate of drug-likeness (QED) is 0.846. The first-order chi connectivity index (χ1) is 10.3. The number of fused-ring (bicyclic) bond motifs is 1. The number of imidazole rings is 1. The molecule has 0 aliphatic carbocycles. The molecule has 2 aromatic rings. The van der Waals surface area contributed by atoms with Gasteiger partial charge < -0.3 is 15.0 Å². The maximum absolute atomic E-state index is 12.2. The van der Waals surface area contributed by atoms with Gasteiger partial charge in [0.15, 0.2) is 0 Å². The van der Waals surface area contributed by atoms with Crippen LogP contribution in [0.15, 0.2) is 30.6 Å². The van der Waals surface area contributed by atoms with Crippen molar-refractivity contribution in [2.45, 2.75) is 19.5 Å². The first kappa shape index (κ1) is 14.0. The Hall–Kier alpha value is -1.92. The number of amides is 1. The lowest BCUT2D eigenvalue weighted by Crippen LogP contribution is -2.57.